The molecule has 1 fully saturated rings. The Hall–Kier alpha value is -1.69. The number of hydrogen-bond donors (Lipinski definition) is 0. The molecule has 0 radical (unpaired) electrons. The molecule has 1 aliphatic rings. The molecule has 0 saturated heterocycles. The molecule has 0 heterocycles. The third-order valence-electron chi connectivity index (χ3n) is 3.76. The van der Waals surface area contributed by atoms with Crippen molar-refractivity contribution in [3.63, 3.8) is 0 Å². The summed E-state index contributed by atoms with van der Waals surface area (Å²) in [5.74, 6) is -0.320. The Labute approximate surface area is 108 Å². The molecule has 0 aromatic rings. The fourth-order valence-corrected chi connectivity index (χ4v) is 2.50. The molecule has 18 heavy (non-hydrogen) atoms. The first-order valence-corrected chi connectivity index (χ1v) is 6.24. The van der Waals surface area contributed by atoms with E-state index in [-0.39, 0.29) is 11.2 Å². The number of nitrogens with zero attached hydrogens (tertiary/aromatic N) is 2. The molecular weight excluding hydrogens is 227 g/mol. The van der Waals surface area contributed by atoms with Gasteiger partial charge in [0, 0.05) is 11.0 Å². The molecule has 3 heteroatoms. The molecule has 0 aromatic carbocycles. The lowest BCUT2D eigenvalue weighted by atomic mass is 9.79. The summed E-state index contributed by atoms with van der Waals surface area (Å²) >= 11 is 0. The summed E-state index contributed by atoms with van der Waals surface area (Å²) in [6.07, 6.45) is 7.17. The van der Waals surface area contributed by atoms with Gasteiger partial charge in [0.15, 0.2) is 0 Å². The van der Waals surface area contributed by atoms with E-state index >= 15 is 0 Å². The Kier molecular flexibility index (Phi) is 4.61. The smallest absolute Gasteiger partial charge is 0.205 e. The summed E-state index contributed by atoms with van der Waals surface area (Å²) in [7, 11) is 0. The van der Waals surface area contributed by atoms with Crippen LogP contribution in [0.5, 0.6) is 0 Å². The Bertz CT molecular complexity index is 471. The Morgan fingerprint density at radius 1 is 1.56 bits per heavy atom. The maximum absolute atomic E-state index is 13.4. The average Bonchev–Trinajstić information content (AvgIpc) is 2.64. The van der Waals surface area contributed by atoms with E-state index in [9.17, 15) is 4.39 Å². The molecule has 0 amide bonds. The summed E-state index contributed by atoms with van der Waals surface area (Å²) in [6.45, 7) is 9.77. The number of hydrogen-bond acceptors (Lipinski definition) is 2. The summed E-state index contributed by atoms with van der Waals surface area (Å²) in [5.41, 5.74) is 2.09. The molecule has 2 nitrogen and oxygen atoms in total. The minimum Gasteiger partial charge on any atom is -0.207 e. The number of allylic oxidation sites excluding steroid dienone is 5. The predicted octanol–water partition coefficient (Wildman–Crippen LogP) is 4.47. The quantitative estimate of drug-likeness (QED) is 0.676. The fraction of sp³-hybridized carbons (Fsp3) is 0.467. The van der Waals surface area contributed by atoms with Gasteiger partial charge >= 0.3 is 0 Å². The fourth-order valence-electron chi connectivity index (χ4n) is 2.50. The highest BCUT2D eigenvalue weighted by atomic mass is 19.1. The van der Waals surface area contributed by atoms with Crippen LogP contribution < -0.4 is 0 Å². The van der Waals surface area contributed by atoms with Gasteiger partial charge in [-0.3, -0.25) is 0 Å². The molecule has 96 valence electrons. The van der Waals surface area contributed by atoms with Crippen LogP contribution in [-0.2, 0) is 0 Å². The third kappa shape index (κ3) is 2.43. The van der Waals surface area contributed by atoms with Crippen molar-refractivity contribution in [1.29, 1.82) is 5.26 Å². The lowest BCUT2D eigenvalue weighted by molar-refractivity contribution is 0.403. The van der Waals surface area contributed by atoms with E-state index < -0.39 is 0 Å². The standard InChI is InChI=1S/C15H19FN2/c1-5-12(16)8-13-11(4)9-15(6-2,7-3)14(13)18-10-17/h5,8H,4,6-7,9H2,1-3H3/b12-5+,13-8+,18-14?. The van der Waals surface area contributed by atoms with Crippen LogP contribution in [0.15, 0.2) is 40.7 Å². The summed E-state index contributed by atoms with van der Waals surface area (Å²) in [4.78, 5) is 3.94. The molecule has 0 N–H and O–H groups in total. The van der Waals surface area contributed by atoms with Crippen molar-refractivity contribution in [1.82, 2.24) is 0 Å². The SMILES string of the molecule is C=C1CC(CC)(CC)C(=NC#N)/C1=C/C(F)=C\C. The van der Waals surface area contributed by atoms with Gasteiger partial charge in [0.05, 0.1) is 5.71 Å². The van der Waals surface area contributed by atoms with Crippen LogP contribution in [0.4, 0.5) is 4.39 Å². The van der Waals surface area contributed by atoms with Crippen molar-refractivity contribution < 1.29 is 4.39 Å². The largest absolute Gasteiger partial charge is 0.207 e. The van der Waals surface area contributed by atoms with E-state index in [0.717, 1.165) is 24.8 Å². The molecule has 0 atom stereocenters. The monoisotopic (exact) mass is 246 g/mol. The van der Waals surface area contributed by atoms with Crippen LogP contribution in [0.3, 0.4) is 0 Å². The van der Waals surface area contributed by atoms with Gasteiger partial charge in [0.25, 0.3) is 0 Å². The van der Waals surface area contributed by atoms with Crippen molar-refractivity contribution in [3.8, 4) is 6.19 Å². The highest BCUT2D eigenvalue weighted by molar-refractivity contribution is 6.11. The van der Waals surface area contributed by atoms with Gasteiger partial charge in [-0.25, -0.2) is 4.39 Å². The molecule has 0 aromatic heterocycles. The predicted molar refractivity (Wildman–Crippen MR) is 72.8 cm³/mol. The Morgan fingerprint density at radius 2 is 2.17 bits per heavy atom. The van der Waals surface area contributed by atoms with Crippen molar-refractivity contribution >= 4 is 5.71 Å². The Balaban J connectivity index is 3.38. The van der Waals surface area contributed by atoms with Gasteiger partial charge < -0.3 is 0 Å². The Morgan fingerprint density at radius 3 is 2.61 bits per heavy atom. The topological polar surface area (TPSA) is 36.1 Å². The van der Waals surface area contributed by atoms with E-state index in [1.807, 2.05) is 6.19 Å². The van der Waals surface area contributed by atoms with Crippen LogP contribution in [0, 0.1) is 16.9 Å². The van der Waals surface area contributed by atoms with E-state index in [4.69, 9.17) is 5.26 Å². The first kappa shape index (κ1) is 14.4. The van der Waals surface area contributed by atoms with Gasteiger partial charge in [-0.05, 0) is 37.8 Å². The molecule has 1 aliphatic carbocycles. The van der Waals surface area contributed by atoms with E-state index in [1.165, 1.54) is 12.2 Å². The second-order valence-corrected chi connectivity index (χ2v) is 4.56. The van der Waals surface area contributed by atoms with Gasteiger partial charge in [-0.2, -0.15) is 10.3 Å². The highest BCUT2D eigenvalue weighted by Crippen LogP contribution is 2.47. The number of nitriles is 1. The van der Waals surface area contributed by atoms with Crippen molar-refractivity contribution in [2.24, 2.45) is 10.4 Å². The summed E-state index contributed by atoms with van der Waals surface area (Å²) < 4.78 is 13.4. The summed E-state index contributed by atoms with van der Waals surface area (Å²) in [5, 5.41) is 8.84. The molecule has 0 spiro atoms. The van der Waals surface area contributed by atoms with Crippen molar-refractivity contribution in [2.45, 2.75) is 40.0 Å². The molecule has 0 bridgehead atoms. The lowest BCUT2D eigenvalue weighted by Crippen LogP contribution is -2.24. The minimum absolute atomic E-state index is 0.160. The maximum Gasteiger partial charge on any atom is 0.205 e. The molecule has 0 unspecified atom stereocenters. The zero-order valence-corrected chi connectivity index (χ0v) is 11.3. The van der Waals surface area contributed by atoms with Crippen LogP contribution in [-0.4, -0.2) is 5.71 Å². The first-order valence-electron chi connectivity index (χ1n) is 6.24. The van der Waals surface area contributed by atoms with E-state index in [2.05, 4.69) is 25.4 Å². The normalized spacial score (nSPS) is 23.7. The third-order valence-corrected chi connectivity index (χ3v) is 3.76. The molecule has 1 saturated carbocycles. The van der Waals surface area contributed by atoms with Crippen LogP contribution in [0.2, 0.25) is 0 Å². The molecule has 1 rings (SSSR count). The minimum atomic E-state index is -0.320. The van der Waals surface area contributed by atoms with Gasteiger partial charge in [0.2, 0.25) is 6.19 Å². The zero-order chi connectivity index (χ0) is 13.8. The summed E-state index contributed by atoms with van der Waals surface area (Å²) in [6, 6.07) is 0. The molecular formula is C15H19FN2. The first-order chi connectivity index (χ1) is 8.54. The van der Waals surface area contributed by atoms with Gasteiger partial charge in [-0.1, -0.05) is 26.5 Å². The average molecular weight is 246 g/mol. The van der Waals surface area contributed by atoms with Crippen molar-refractivity contribution in [3.05, 3.63) is 35.7 Å². The number of rotatable bonds is 3. The van der Waals surface area contributed by atoms with Gasteiger partial charge in [-0.15, -0.1) is 0 Å². The van der Waals surface area contributed by atoms with E-state index in [1.54, 1.807) is 6.92 Å². The lowest BCUT2D eigenvalue weighted by Gasteiger charge is -2.25. The van der Waals surface area contributed by atoms with Crippen LogP contribution in [0.1, 0.15) is 40.0 Å². The zero-order valence-electron chi connectivity index (χ0n) is 11.3. The van der Waals surface area contributed by atoms with Crippen molar-refractivity contribution in [2.75, 3.05) is 0 Å². The maximum atomic E-state index is 13.4. The van der Waals surface area contributed by atoms with E-state index in [0.29, 0.717) is 11.3 Å². The highest BCUT2D eigenvalue weighted by Gasteiger charge is 2.42. The number of aliphatic imine (C=N–C) groups is 1. The number of halogens is 1. The molecule has 0 aliphatic heterocycles. The van der Waals surface area contributed by atoms with Gasteiger partial charge in [0.1, 0.15) is 5.83 Å². The van der Waals surface area contributed by atoms with Crippen LogP contribution >= 0.6 is 0 Å². The second-order valence-electron chi connectivity index (χ2n) is 4.56. The second kappa shape index (κ2) is 5.77. The van der Waals surface area contributed by atoms with Crippen LogP contribution in [0.25, 0.3) is 0 Å².